The summed E-state index contributed by atoms with van der Waals surface area (Å²) in [6.07, 6.45) is 5.46. The highest BCUT2D eigenvalue weighted by molar-refractivity contribution is 5.99. The lowest BCUT2D eigenvalue weighted by Crippen LogP contribution is -2.70. The van der Waals surface area contributed by atoms with Gasteiger partial charge in [-0.15, -0.1) is 0 Å². The summed E-state index contributed by atoms with van der Waals surface area (Å²) in [4.78, 5) is 27.1. The second kappa shape index (κ2) is 5.51. The van der Waals surface area contributed by atoms with Crippen molar-refractivity contribution in [3.63, 3.8) is 0 Å². The number of piperazine rings is 1. The first-order valence-electron chi connectivity index (χ1n) is 7.71. The van der Waals surface area contributed by atoms with Crippen molar-refractivity contribution in [1.29, 1.82) is 0 Å². The highest BCUT2D eigenvalue weighted by atomic mass is 16.2. The van der Waals surface area contributed by atoms with Gasteiger partial charge in [0.2, 0.25) is 11.8 Å². The van der Waals surface area contributed by atoms with E-state index in [2.05, 4.69) is 12.2 Å². The molecule has 0 bridgehead atoms. The molecule has 1 aliphatic heterocycles. The Morgan fingerprint density at radius 1 is 1.21 bits per heavy atom. The van der Waals surface area contributed by atoms with E-state index in [-0.39, 0.29) is 17.9 Å². The molecule has 1 aliphatic carbocycles. The first-order chi connectivity index (χ1) is 9.07. The average Bonchev–Trinajstić information content (AvgIpc) is 3.22. The minimum Gasteiger partial charge on any atom is -0.340 e. The van der Waals surface area contributed by atoms with Crippen molar-refractivity contribution in [3.8, 4) is 0 Å². The van der Waals surface area contributed by atoms with Gasteiger partial charge in [0.1, 0.15) is 11.6 Å². The molecule has 108 valence electrons. The summed E-state index contributed by atoms with van der Waals surface area (Å²) >= 11 is 0. The van der Waals surface area contributed by atoms with Crippen LogP contribution in [-0.4, -0.2) is 34.8 Å². The molecule has 1 N–H and O–H groups in total. The second-order valence-electron chi connectivity index (χ2n) is 5.98. The van der Waals surface area contributed by atoms with Crippen LogP contribution >= 0.6 is 0 Å². The SMILES string of the molecule is CCCC1C(=O)NC(CC)(CC)C(=O)N1CC1CC1. The fourth-order valence-electron chi connectivity index (χ4n) is 3.01. The Kier molecular flexibility index (Phi) is 4.16. The summed E-state index contributed by atoms with van der Waals surface area (Å²) in [7, 11) is 0. The predicted octanol–water partition coefficient (Wildman–Crippen LogP) is 2.08. The van der Waals surface area contributed by atoms with E-state index in [4.69, 9.17) is 0 Å². The third-order valence-electron chi connectivity index (χ3n) is 4.63. The molecule has 2 amide bonds. The predicted molar refractivity (Wildman–Crippen MR) is 74.6 cm³/mol. The Bertz CT molecular complexity index is 359. The topological polar surface area (TPSA) is 49.4 Å². The average molecular weight is 266 g/mol. The molecule has 1 unspecified atom stereocenters. The second-order valence-corrected chi connectivity index (χ2v) is 5.98. The van der Waals surface area contributed by atoms with Crippen LogP contribution in [0, 0.1) is 5.92 Å². The van der Waals surface area contributed by atoms with Gasteiger partial charge in [-0.1, -0.05) is 27.2 Å². The lowest BCUT2D eigenvalue weighted by Gasteiger charge is -2.45. The van der Waals surface area contributed by atoms with Crippen LogP contribution in [0.4, 0.5) is 0 Å². The van der Waals surface area contributed by atoms with Crippen LogP contribution in [0.15, 0.2) is 0 Å². The number of nitrogens with one attached hydrogen (secondary N) is 1. The molecule has 4 nitrogen and oxygen atoms in total. The number of amides is 2. The van der Waals surface area contributed by atoms with Gasteiger partial charge < -0.3 is 10.2 Å². The molecule has 0 aromatic rings. The number of hydrogen-bond acceptors (Lipinski definition) is 2. The van der Waals surface area contributed by atoms with Crippen molar-refractivity contribution in [3.05, 3.63) is 0 Å². The summed E-state index contributed by atoms with van der Waals surface area (Å²) in [6, 6.07) is -0.246. The van der Waals surface area contributed by atoms with Crippen molar-refractivity contribution in [2.45, 2.75) is 70.9 Å². The Morgan fingerprint density at radius 3 is 2.32 bits per heavy atom. The first-order valence-corrected chi connectivity index (χ1v) is 7.71. The number of nitrogens with zero attached hydrogens (tertiary/aromatic N) is 1. The van der Waals surface area contributed by atoms with E-state index < -0.39 is 5.54 Å². The van der Waals surface area contributed by atoms with E-state index in [9.17, 15) is 9.59 Å². The van der Waals surface area contributed by atoms with Crippen LogP contribution in [0.5, 0.6) is 0 Å². The fraction of sp³-hybridized carbons (Fsp3) is 0.867. The molecule has 1 saturated carbocycles. The third kappa shape index (κ3) is 2.63. The summed E-state index contributed by atoms with van der Waals surface area (Å²) < 4.78 is 0. The zero-order valence-electron chi connectivity index (χ0n) is 12.4. The fourth-order valence-corrected chi connectivity index (χ4v) is 3.01. The molecular formula is C15H26N2O2. The molecule has 2 aliphatic rings. The van der Waals surface area contributed by atoms with Crippen LogP contribution in [0.2, 0.25) is 0 Å². The monoisotopic (exact) mass is 266 g/mol. The van der Waals surface area contributed by atoms with Crippen LogP contribution < -0.4 is 5.32 Å². The van der Waals surface area contributed by atoms with Crippen molar-refractivity contribution >= 4 is 11.8 Å². The quantitative estimate of drug-likeness (QED) is 0.800. The summed E-state index contributed by atoms with van der Waals surface area (Å²) in [5.41, 5.74) is -0.657. The molecule has 0 aromatic carbocycles. The van der Waals surface area contributed by atoms with Crippen LogP contribution in [-0.2, 0) is 9.59 Å². The smallest absolute Gasteiger partial charge is 0.248 e. The molecule has 2 fully saturated rings. The van der Waals surface area contributed by atoms with Crippen molar-refractivity contribution in [2.24, 2.45) is 5.92 Å². The summed E-state index contributed by atoms with van der Waals surface area (Å²) in [6.45, 7) is 6.81. The van der Waals surface area contributed by atoms with Gasteiger partial charge in [0.15, 0.2) is 0 Å². The van der Waals surface area contributed by atoms with Gasteiger partial charge in [0, 0.05) is 6.54 Å². The molecule has 1 atom stereocenters. The van der Waals surface area contributed by atoms with Gasteiger partial charge in [-0.2, -0.15) is 0 Å². The Labute approximate surface area is 115 Å². The summed E-state index contributed by atoms with van der Waals surface area (Å²) in [5.74, 6) is 0.814. The van der Waals surface area contributed by atoms with Gasteiger partial charge in [0.05, 0.1) is 0 Å². The minimum absolute atomic E-state index is 0.0470. The molecule has 1 saturated heterocycles. The first kappa shape index (κ1) is 14.4. The maximum Gasteiger partial charge on any atom is 0.248 e. The number of rotatable bonds is 6. The maximum atomic E-state index is 12.8. The van der Waals surface area contributed by atoms with Crippen LogP contribution in [0.1, 0.15) is 59.3 Å². The van der Waals surface area contributed by atoms with E-state index in [1.807, 2.05) is 18.7 Å². The molecule has 0 spiro atoms. The van der Waals surface area contributed by atoms with E-state index in [0.29, 0.717) is 18.8 Å². The van der Waals surface area contributed by atoms with Gasteiger partial charge in [0.25, 0.3) is 0 Å². The standard InChI is InChI=1S/C15H26N2O2/c1-4-7-12-13(18)16-15(5-2,6-3)14(19)17(12)10-11-8-9-11/h11-12H,4-10H2,1-3H3,(H,16,18). The summed E-state index contributed by atoms with van der Waals surface area (Å²) in [5, 5.41) is 3.01. The highest BCUT2D eigenvalue weighted by Gasteiger charge is 2.49. The molecule has 0 aromatic heterocycles. The largest absolute Gasteiger partial charge is 0.340 e. The van der Waals surface area contributed by atoms with E-state index in [1.165, 1.54) is 12.8 Å². The molecule has 1 heterocycles. The van der Waals surface area contributed by atoms with Crippen LogP contribution in [0.3, 0.4) is 0 Å². The van der Waals surface area contributed by atoms with Crippen molar-refractivity contribution in [1.82, 2.24) is 10.2 Å². The van der Waals surface area contributed by atoms with Gasteiger partial charge in [-0.05, 0) is 38.0 Å². The third-order valence-corrected chi connectivity index (χ3v) is 4.63. The lowest BCUT2D eigenvalue weighted by molar-refractivity contribution is -0.156. The molecular weight excluding hydrogens is 240 g/mol. The number of carbonyl (C=O) groups excluding carboxylic acids is 2. The highest BCUT2D eigenvalue weighted by Crippen LogP contribution is 2.34. The lowest BCUT2D eigenvalue weighted by atomic mass is 9.86. The van der Waals surface area contributed by atoms with Crippen molar-refractivity contribution < 1.29 is 9.59 Å². The Morgan fingerprint density at radius 2 is 1.84 bits per heavy atom. The van der Waals surface area contributed by atoms with Crippen molar-refractivity contribution in [2.75, 3.05) is 6.54 Å². The zero-order chi connectivity index (χ0) is 14.0. The normalized spacial score (nSPS) is 26.5. The Balaban J connectivity index is 2.23. The van der Waals surface area contributed by atoms with Gasteiger partial charge >= 0.3 is 0 Å². The number of carbonyl (C=O) groups is 2. The van der Waals surface area contributed by atoms with Gasteiger partial charge in [-0.3, -0.25) is 9.59 Å². The Hall–Kier alpha value is -1.06. The van der Waals surface area contributed by atoms with E-state index >= 15 is 0 Å². The zero-order valence-corrected chi connectivity index (χ0v) is 12.4. The van der Waals surface area contributed by atoms with E-state index in [1.54, 1.807) is 0 Å². The molecule has 4 heteroatoms. The molecule has 2 rings (SSSR count). The molecule has 0 radical (unpaired) electrons. The number of hydrogen-bond donors (Lipinski definition) is 1. The minimum atomic E-state index is -0.657. The molecule has 19 heavy (non-hydrogen) atoms. The van der Waals surface area contributed by atoms with E-state index in [0.717, 1.165) is 19.4 Å². The van der Waals surface area contributed by atoms with Crippen LogP contribution in [0.25, 0.3) is 0 Å². The maximum absolute atomic E-state index is 12.8. The van der Waals surface area contributed by atoms with Gasteiger partial charge in [-0.25, -0.2) is 0 Å².